The minimum absolute atomic E-state index is 0.122. The summed E-state index contributed by atoms with van der Waals surface area (Å²) in [6.45, 7) is 10.3. The molecule has 0 N–H and O–H groups in total. The van der Waals surface area contributed by atoms with Crippen molar-refractivity contribution in [3.8, 4) is 12.1 Å². The molecule has 5 heteroatoms. The van der Waals surface area contributed by atoms with Crippen molar-refractivity contribution in [3.05, 3.63) is 69.3 Å². The monoisotopic (exact) mass is 504 g/mol. The Morgan fingerprint density at radius 1 is 0.947 bits per heavy atom. The molecule has 1 aliphatic heterocycles. The first-order valence-electron chi connectivity index (χ1n) is 14.2. The molecule has 1 saturated heterocycles. The third-order valence-corrected chi connectivity index (χ3v) is 9.79. The van der Waals surface area contributed by atoms with Crippen LogP contribution in [0.25, 0.3) is 5.57 Å². The highest BCUT2D eigenvalue weighted by Gasteiger charge is 2.44. The summed E-state index contributed by atoms with van der Waals surface area (Å²) in [5.74, 6) is 0.122. The standard InChI is InChI=1S/C33H36N4O/c1-4-23-17-26-27(19-29(23)36-12-14-37(15-13-36)33(21-35)10-6-5-7-11-33)32(2,3)28-18-24-16-22(20-34)8-9-25(24)30(28)31(26)38/h8-9,16-17,19H,4-7,10-15,18H2,1-3H3. The molecular formula is C33H36N4O. The maximum Gasteiger partial charge on any atom is 0.193 e. The van der Waals surface area contributed by atoms with Crippen LogP contribution in [0.5, 0.6) is 0 Å². The Morgan fingerprint density at radius 2 is 1.68 bits per heavy atom. The third-order valence-electron chi connectivity index (χ3n) is 9.79. The average Bonchev–Trinajstić information content (AvgIpc) is 3.36. The number of piperazine rings is 1. The minimum atomic E-state index is -0.284. The normalized spacial score (nSPS) is 21.8. The van der Waals surface area contributed by atoms with Gasteiger partial charge in [0, 0.05) is 48.4 Å². The molecule has 1 heterocycles. The van der Waals surface area contributed by atoms with E-state index in [0.29, 0.717) is 5.56 Å². The van der Waals surface area contributed by atoms with E-state index in [9.17, 15) is 15.3 Å². The molecule has 0 unspecified atom stereocenters. The van der Waals surface area contributed by atoms with Gasteiger partial charge in [-0.2, -0.15) is 10.5 Å². The summed E-state index contributed by atoms with van der Waals surface area (Å²) in [7, 11) is 0. The first kappa shape index (κ1) is 24.9. The highest BCUT2D eigenvalue weighted by molar-refractivity contribution is 6.33. The lowest BCUT2D eigenvalue weighted by atomic mass is 9.68. The van der Waals surface area contributed by atoms with E-state index in [1.165, 1.54) is 23.2 Å². The second kappa shape index (κ2) is 9.11. The summed E-state index contributed by atoms with van der Waals surface area (Å²) < 4.78 is 0. The van der Waals surface area contributed by atoms with Crippen LogP contribution in [0.2, 0.25) is 0 Å². The van der Waals surface area contributed by atoms with Gasteiger partial charge in [-0.25, -0.2) is 0 Å². The van der Waals surface area contributed by atoms with Gasteiger partial charge in [-0.15, -0.1) is 0 Å². The van der Waals surface area contributed by atoms with E-state index in [4.69, 9.17) is 0 Å². The van der Waals surface area contributed by atoms with E-state index >= 15 is 0 Å². The summed E-state index contributed by atoms with van der Waals surface area (Å²) in [6, 6.07) is 15.1. The van der Waals surface area contributed by atoms with Crippen molar-refractivity contribution in [2.24, 2.45) is 0 Å². The molecule has 194 valence electrons. The zero-order chi connectivity index (χ0) is 26.7. The number of rotatable bonds is 3. The number of carbonyl (C=O) groups excluding carboxylic acids is 1. The molecule has 0 radical (unpaired) electrons. The van der Waals surface area contributed by atoms with Crippen molar-refractivity contribution in [1.29, 1.82) is 10.5 Å². The van der Waals surface area contributed by atoms with Crippen LogP contribution in [0, 0.1) is 22.7 Å². The van der Waals surface area contributed by atoms with E-state index in [1.807, 2.05) is 18.2 Å². The van der Waals surface area contributed by atoms with Crippen molar-refractivity contribution in [2.75, 3.05) is 31.1 Å². The van der Waals surface area contributed by atoms with Gasteiger partial charge in [0.15, 0.2) is 5.78 Å². The van der Waals surface area contributed by atoms with Crippen LogP contribution in [0.3, 0.4) is 0 Å². The number of aryl methyl sites for hydroxylation is 1. The van der Waals surface area contributed by atoms with E-state index in [-0.39, 0.29) is 16.7 Å². The molecular weight excluding hydrogens is 468 g/mol. The average molecular weight is 505 g/mol. The lowest BCUT2D eigenvalue weighted by Crippen LogP contribution is -2.57. The van der Waals surface area contributed by atoms with Gasteiger partial charge in [0.05, 0.1) is 17.7 Å². The summed E-state index contributed by atoms with van der Waals surface area (Å²) >= 11 is 0. The number of allylic oxidation sites excluding steroid dienone is 2. The van der Waals surface area contributed by atoms with Crippen LogP contribution < -0.4 is 4.90 Å². The minimum Gasteiger partial charge on any atom is -0.369 e. The molecule has 2 aromatic carbocycles. The SMILES string of the molecule is CCc1cc2c(cc1N1CCN(C3(C#N)CCCCC3)CC1)C(C)(C)C1=C(C2=O)c2ccc(C#N)cc2C1. The molecule has 2 aromatic rings. The summed E-state index contributed by atoms with van der Waals surface area (Å²) in [5, 5.41) is 19.5. The number of benzene rings is 2. The Balaban J connectivity index is 1.33. The second-order valence-electron chi connectivity index (χ2n) is 12.0. The zero-order valence-corrected chi connectivity index (χ0v) is 22.9. The fraction of sp³-hybridized carbons (Fsp3) is 0.485. The lowest BCUT2D eigenvalue weighted by Gasteiger charge is -2.46. The van der Waals surface area contributed by atoms with Crippen LogP contribution >= 0.6 is 0 Å². The largest absolute Gasteiger partial charge is 0.369 e. The Morgan fingerprint density at radius 3 is 2.34 bits per heavy atom. The maximum absolute atomic E-state index is 14.0. The quantitative estimate of drug-likeness (QED) is 0.516. The van der Waals surface area contributed by atoms with Gasteiger partial charge in [0.1, 0.15) is 5.54 Å². The topological polar surface area (TPSA) is 71.1 Å². The van der Waals surface area contributed by atoms with E-state index in [1.54, 1.807) is 0 Å². The summed E-state index contributed by atoms with van der Waals surface area (Å²) in [6.07, 6.45) is 7.13. The molecule has 0 amide bonds. The van der Waals surface area contributed by atoms with Gasteiger partial charge < -0.3 is 4.90 Å². The van der Waals surface area contributed by atoms with Crippen molar-refractivity contribution in [3.63, 3.8) is 0 Å². The smallest absolute Gasteiger partial charge is 0.193 e. The highest BCUT2D eigenvalue weighted by Crippen LogP contribution is 2.51. The molecule has 5 nitrogen and oxygen atoms in total. The Hall–Kier alpha value is -3.41. The number of anilines is 1. The number of hydrogen-bond donors (Lipinski definition) is 0. The summed E-state index contributed by atoms with van der Waals surface area (Å²) in [5.41, 5.74) is 8.60. The molecule has 3 aliphatic carbocycles. The van der Waals surface area contributed by atoms with E-state index in [2.05, 4.69) is 54.8 Å². The van der Waals surface area contributed by atoms with Crippen molar-refractivity contribution in [1.82, 2.24) is 4.90 Å². The molecule has 0 aromatic heterocycles. The summed E-state index contributed by atoms with van der Waals surface area (Å²) in [4.78, 5) is 18.9. The number of fused-ring (bicyclic) bond motifs is 3. The van der Waals surface area contributed by atoms with Gasteiger partial charge in [-0.1, -0.05) is 46.1 Å². The molecule has 1 saturated carbocycles. The van der Waals surface area contributed by atoms with E-state index < -0.39 is 0 Å². The number of nitrogens with zero attached hydrogens (tertiary/aromatic N) is 4. The van der Waals surface area contributed by atoms with Crippen LogP contribution in [-0.4, -0.2) is 42.4 Å². The van der Waals surface area contributed by atoms with Crippen LogP contribution in [0.15, 0.2) is 35.9 Å². The van der Waals surface area contributed by atoms with Crippen molar-refractivity contribution in [2.45, 2.75) is 76.7 Å². The lowest BCUT2D eigenvalue weighted by molar-refractivity contribution is 0.0912. The molecule has 4 aliphatic rings. The molecule has 0 spiro atoms. The number of ketones is 1. The number of nitriles is 2. The molecule has 6 rings (SSSR count). The van der Waals surface area contributed by atoms with E-state index in [0.717, 1.165) is 92.5 Å². The molecule has 2 fully saturated rings. The first-order chi connectivity index (χ1) is 18.3. The van der Waals surface area contributed by atoms with Crippen LogP contribution in [0.4, 0.5) is 5.69 Å². The maximum atomic E-state index is 14.0. The van der Waals surface area contributed by atoms with Gasteiger partial charge >= 0.3 is 0 Å². The Kier molecular flexibility index (Phi) is 5.97. The third kappa shape index (κ3) is 3.63. The second-order valence-corrected chi connectivity index (χ2v) is 12.0. The van der Waals surface area contributed by atoms with Gasteiger partial charge in [-0.05, 0) is 77.8 Å². The molecule has 38 heavy (non-hydrogen) atoms. The van der Waals surface area contributed by atoms with Gasteiger partial charge in [0.25, 0.3) is 0 Å². The fourth-order valence-electron chi connectivity index (χ4n) is 7.51. The highest BCUT2D eigenvalue weighted by atomic mass is 16.1. The van der Waals surface area contributed by atoms with Crippen LogP contribution in [0.1, 0.15) is 91.1 Å². The van der Waals surface area contributed by atoms with Crippen molar-refractivity contribution < 1.29 is 4.79 Å². The van der Waals surface area contributed by atoms with Crippen LogP contribution in [-0.2, 0) is 18.3 Å². The Labute approximate surface area is 226 Å². The first-order valence-corrected chi connectivity index (χ1v) is 14.2. The predicted molar refractivity (Wildman–Crippen MR) is 150 cm³/mol. The molecule has 0 bridgehead atoms. The van der Waals surface area contributed by atoms with Crippen molar-refractivity contribution >= 4 is 17.0 Å². The number of carbonyl (C=O) groups is 1. The molecule has 0 atom stereocenters. The predicted octanol–water partition coefficient (Wildman–Crippen LogP) is 5.95. The fourth-order valence-corrected chi connectivity index (χ4v) is 7.51. The zero-order valence-electron chi connectivity index (χ0n) is 22.9. The number of hydrogen-bond acceptors (Lipinski definition) is 5. The van der Waals surface area contributed by atoms with Gasteiger partial charge in [0.2, 0.25) is 0 Å². The Bertz CT molecular complexity index is 1440. The number of Topliss-reactive ketones (excluding diaryl/α,β-unsaturated/α-hetero) is 1. The van der Waals surface area contributed by atoms with Gasteiger partial charge in [-0.3, -0.25) is 9.69 Å².